The molecular formula is C21H34BrNO4S. The first-order valence-electron chi connectivity index (χ1n) is 9.72. The van der Waals surface area contributed by atoms with Crippen LogP contribution in [0, 0.1) is 11.8 Å². The van der Waals surface area contributed by atoms with E-state index >= 15 is 0 Å². The number of esters is 1. The smallest absolute Gasteiger partial charge is 0.350 e. The molecule has 2 rings (SSSR count). The van der Waals surface area contributed by atoms with Crippen molar-refractivity contribution < 1.29 is 19.4 Å². The third kappa shape index (κ3) is 8.45. The molecule has 0 aromatic carbocycles. The lowest BCUT2D eigenvalue weighted by Gasteiger charge is -2.29. The maximum Gasteiger partial charge on any atom is 0.350 e. The van der Waals surface area contributed by atoms with E-state index < -0.39 is 5.97 Å². The van der Waals surface area contributed by atoms with Crippen LogP contribution in [-0.4, -0.2) is 37.7 Å². The molecular weight excluding hydrogens is 442 g/mol. The van der Waals surface area contributed by atoms with Crippen molar-refractivity contribution in [2.75, 3.05) is 25.7 Å². The number of rotatable bonds is 4. The van der Waals surface area contributed by atoms with Gasteiger partial charge in [0.05, 0.1) is 23.2 Å². The molecule has 0 unspecified atom stereocenters. The number of nitrogens with zero attached hydrogens (tertiary/aromatic N) is 1. The second kappa shape index (κ2) is 14.8. The number of aliphatic hydroxyl groups excluding tert-OH is 1. The largest absolute Gasteiger partial charge is 0.465 e. The molecule has 1 aliphatic rings. The molecule has 1 aromatic heterocycles. The van der Waals surface area contributed by atoms with E-state index in [-0.39, 0.29) is 18.4 Å². The first-order chi connectivity index (χ1) is 13.3. The molecule has 1 fully saturated rings. The van der Waals surface area contributed by atoms with Gasteiger partial charge in [0, 0.05) is 13.0 Å². The Labute approximate surface area is 181 Å². The summed E-state index contributed by atoms with van der Waals surface area (Å²) in [6, 6.07) is 1.81. The number of aliphatic hydroxyl groups is 1. The minimum absolute atomic E-state index is 0.0652. The van der Waals surface area contributed by atoms with E-state index in [1.165, 1.54) is 18.4 Å². The number of thiophene rings is 1. The summed E-state index contributed by atoms with van der Waals surface area (Å²) >= 11 is 4.66. The number of allylic oxidation sites excluding steroid dienone is 1. The van der Waals surface area contributed by atoms with Crippen LogP contribution in [0.1, 0.15) is 63.0 Å². The molecule has 0 spiro atoms. The lowest BCUT2D eigenvalue weighted by atomic mass is 9.82. The van der Waals surface area contributed by atoms with E-state index in [1.54, 1.807) is 30.2 Å². The number of halogens is 1. The average Bonchev–Trinajstić information content (AvgIpc) is 3.11. The van der Waals surface area contributed by atoms with Crippen molar-refractivity contribution in [2.24, 2.45) is 11.8 Å². The van der Waals surface area contributed by atoms with Gasteiger partial charge >= 0.3 is 5.97 Å². The average molecular weight is 476 g/mol. The summed E-state index contributed by atoms with van der Waals surface area (Å²) in [5.41, 5.74) is 0.627. The predicted octanol–water partition coefficient (Wildman–Crippen LogP) is 5.67. The molecule has 5 nitrogen and oxygen atoms in total. The van der Waals surface area contributed by atoms with Crippen LogP contribution in [0.15, 0.2) is 22.0 Å². The number of hydrogen-bond acceptors (Lipinski definition) is 5. The van der Waals surface area contributed by atoms with Crippen LogP contribution in [-0.2, 0) is 9.53 Å². The van der Waals surface area contributed by atoms with Gasteiger partial charge in [0.25, 0.3) is 0 Å². The van der Waals surface area contributed by atoms with Gasteiger partial charge in [-0.15, -0.1) is 11.3 Å². The molecule has 7 heteroatoms. The highest BCUT2D eigenvalue weighted by molar-refractivity contribution is 9.11. The maximum atomic E-state index is 12.6. The molecule has 0 atom stereocenters. The van der Waals surface area contributed by atoms with Gasteiger partial charge in [0.2, 0.25) is 5.91 Å². The molecule has 1 heterocycles. The van der Waals surface area contributed by atoms with Crippen molar-refractivity contribution in [3.63, 3.8) is 0 Å². The lowest BCUT2D eigenvalue weighted by molar-refractivity contribution is -0.123. The fourth-order valence-electron chi connectivity index (χ4n) is 2.85. The van der Waals surface area contributed by atoms with Gasteiger partial charge in [0.15, 0.2) is 0 Å². The molecule has 1 amide bonds. The fraction of sp³-hybridized carbons (Fsp3) is 0.619. The van der Waals surface area contributed by atoms with Gasteiger partial charge in [-0.05, 0) is 60.5 Å². The number of hydrogen-bond donors (Lipinski definition) is 1. The van der Waals surface area contributed by atoms with Crippen molar-refractivity contribution in [3.05, 3.63) is 26.9 Å². The number of anilines is 1. The van der Waals surface area contributed by atoms with E-state index in [1.807, 2.05) is 20.8 Å². The lowest BCUT2D eigenvalue weighted by Crippen LogP contribution is -2.35. The minimum atomic E-state index is -0.405. The molecule has 160 valence electrons. The maximum absolute atomic E-state index is 12.6. The standard InChI is InChI=1S/C15H20BrNO3S.C4H8O.C2H6/c1-9-4-6-10(7-5-9)14(18)17(2)11-8-12(16)21-13(11)15(19)20-3;1-2-3-4-5;1-2/h8-10H,4-7H2,1-3H3;2-3,5H,4H2,1H3;1-2H3. The summed E-state index contributed by atoms with van der Waals surface area (Å²) in [4.78, 5) is 26.5. The van der Waals surface area contributed by atoms with Crippen LogP contribution in [0.5, 0.6) is 0 Å². The van der Waals surface area contributed by atoms with Gasteiger partial charge in [-0.1, -0.05) is 32.9 Å². The zero-order valence-corrected chi connectivity index (χ0v) is 20.2. The molecule has 0 aliphatic heterocycles. The van der Waals surface area contributed by atoms with Crippen LogP contribution in [0.25, 0.3) is 0 Å². The number of carbonyl (C=O) groups is 2. The summed E-state index contributed by atoms with van der Waals surface area (Å²) in [6.45, 7) is 8.27. The quantitative estimate of drug-likeness (QED) is 0.449. The van der Waals surface area contributed by atoms with Crippen LogP contribution >= 0.6 is 27.3 Å². The summed E-state index contributed by atoms with van der Waals surface area (Å²) in [5.74, 6) is 0.464. The van der Waals surface area contributed by atoms with E-state index in [4.69, 9.17) is 9.84 Å². The molecule has 1 aromatic rings. The second-order valence-electron chi connectivity index (χ2n) is 6.36. The Morgan fingerprint density at radius 1 is 1.32 bits per heavy atom. The highest BCUT2D eigenvalue weighted by Crippen LogP contribution is 2.36. The van der Waals surface area contributed by atoms with E-state index in [9.17, 15) is 9.59 Å². The summed E-state index contributed by atoms with van der Waals surface area (Å²) in [5, 5.41) is 7.98. The van der Waals surface area contributed by atoms with Crippen molar-refractivity contribution >= 4 is 44.8 Å². The van der Waals surface area contributed by atoms with Crippen molar-refractivity contribution in [2.45, 2.75) is 53.4 Å². The number of carbonyl (C=O) groups excluding carboxylic acids is 2. The molecule has 28 heavy (non-hydrogen) atoms. The van der Waals surface area contributed by atoms with Crippen molar-refractivity contribution in [1.29, 1.82) is 0 Å². The number of methoxy groups -OCH3 is 1. The van der Waals surface area contributed by atoms with Gasteiger partial charge in [0.1, 0.15) is 4.88 Å². The molecule has 1 aliphatic carbocycles. The van der Waals surface area contributed by atoms with Gasteiger partial charge in [-0.2, -0.15) is 0 Å². The Balaban J connectivity index is 0.000000906. The van der Waals surface area contributed by atoms with Crippen LogP contribution in [0.2, 0.25) is 0 Å². The van der Waals surface area contributed by atoms with Gasteiger partial charge in [-0.25, -0.2) is 4.79 Å². The Hall–Kier alpha value is -1.18. The van der Waals surface area contributed by atoms with Gasteiger partial charge in [-0.3, -0.25) is 4.79 Å². The Kier molecular flexibility index (Phi) is 14.1. The summed E-state index contributed by atoms with van der Waals surface area (Å²) in [7, 11) is 3.09. The van der Waals surface area contributed by atoms with Crippen LogP contribution < -0.4 is 4.90 Å². The molecule has 1 N–H and O–H groups in total. The SMILES string of the molecule is CC.CC=CCO.COC(=O)c1sc(Br)cc1N(C)C(=O)C1CCC(C)CC1. The Morgan fingerprint density at radius 2 is 1.89 bits per heavy atom. The highest BCUT2D eigenvalue weighted by atomic mass is 79.9. The second-order valence-corrected chi connectivity index (χ2v) is 8.79. The Morgan fingerprint density at radius 3 is 2.32 bits per heavy atom. The Bertz CT molecular complexity index is 622. The molecule has 0 radical (unpaired) electrons. The van der Waals surface area contributed by atoms with Crippen molar-refractivity contribution in [1.82, 2.24) is 0 Å². The third-order valence-electron chi connectivity index (χ3n) is 4.45. The minimum Gasteiger partial charge on any atom is -0.465 e. The summed E-state index contributed by atoms with van der Waals surface area (Å²) in [6.07, 6.45) is 7.55. The summed E-state index contributed by atoms with van der Waals surface area (Å²) < 4.78 is 5.61. The molecule has 0 bridgehead atoms. The first-order valence-corrected chi connectivity index (χ1v) is 11.3. The van der Waals surface area contributed by atoms with E-state index in [2.05, 4.69) is 22.9 Å². The predicted molar refractivity (Wildman–Crippen MR) is 121 cm³/mol. The van der Waals surface area contributed by atoms with Crippen LogP contribution in [0.3, 0.4) is 0 Å². The van der Waals surface area contributed by atoms with Crippen molar-refractivity contribution in [3.8, 4) is 0 Å². The highest BCUT2D eigenvalue weighted by Gasteiger charge is 2.30. The normalized spacial score (nSPS) is 18.4. The zero-order chi connectivity index (χ0) is 21.7. The topological polar surface area (TPSA) is 66.8 Å². The van der Waals surface area contributed by atoms with E-state index in [0.717, 1.165) is 29.5 Å². The number of amides is 1. The third-order valence-corrected chi connectivity index (χ3v) is 6.06. The monoisotopic (exact) mass is 475 g/mol. The van der Waals surface area contributed by atoms with Gasteiger partial charge < -0.3 is 14.7 Å². The number of ether oxygens (including phenoxy) is 1. The van der Waals surface area contributed by atoms with Crippen LogP contribution in [0.4, 0.5) is 5.69 Å². The zero-order valence-electron chi connectivity index (χ0n) is 17.8. The molecule has 1 saturated carbocycles. The molecule has 0 saturated heterocycles. The van der Waals surface area contributed by atoms with E-state index in [0.29, 0.717) is 16.5 Å². The first kappa shape index (κ1) is 26.8. The fourth-order valence-corrected chi connectivity index (χ4v) is 4.38.